The van der Waals surface area contributed by atoms with Crippen LogP contribution in [0, 0.1) is 0 Å². The van der Waals surface area contributed by atoms with E-state index in [0.29, 0.717) is 17.8 Å². The van der Waals surface area contributed by atoms with Gasteiger partial charge in [-0.25, -0.2) is 14.7 Å². The minimum absolute atomic E-state index is 0.246. The first-order valence-electron chi connectivity index (χ1n) is 5.04. The van der Waals surface area contributed by atoms with E-state index >= 15 is 0 Å². The first-order valence-corrected chi connectivity index (χ1v) is 5.04. The van der Waals surface area contributed by atoms with Gasteiger partial charge in [-0.3, -0.25) is 4.90 Å². The van der Waals surface area contributed by atoms with Crippen molar-refractivity contribution in [1.82, 2.24) is 10.1 Å². The van der Waals surface area contributed by atoms with Gasteiger partial charge in [0.25, 0.3) is 0 Å². The van der Waals surface area contributed by atoms with Crippen LogP contribution in [0.5, 0.6) is 0 Å². The number of carbonyl (C=O) groups is 1. The van der Waals surface area contributed by atoms with Crippen LogP contribution in [0.1, 0.15) is 32.0 Å². The molecule has 0 aliphatic carbocycles. The third-order valence-electron chi connectivity index (χ3n) is 2.23. The zero-order valence-corrected chi connectivity index (χ0v) is 9.49. The summed E-state index contributed by atoms with van der Waals surface area (Å²) >= 11 is 0. The van der Waals surface area contributed by atoms with E-state index in [1.807, 2.05) is 0 Å². The molecule has 1 aliphatic heterocycles. The molecule has 0 saturated heterocycles. The molecule has 0 atom stereocenters. The van der Waals surface area contributed by atoms with Crippen LogP contribution >= 0.6 is 0 Å². The number of rotatable bonds is 0. The molecule has 0 saturated carbocycles. The summed E-state index contributed by atoms with van der Waals surface area (Å²) in [7, 11) is 0. The second kappa shape index (κ2) is 3.40. The number of carbonyl (C=O) groups excluding carboxylic acids is 1. The number of nitrogens with one attached hydrogen (secondary N) is 1. The Morgan fingerprint density at radius 3 is 2.69 bits per heavy atom. The molecule has 16 heavy (non-hydrogen) atoms. The highest BCUT2D eigenvalue weighted by Crippen LogP contribution is 2.20. The predicted octanol–water partition coefficient (Wildman–Crippen LogP) is 1.22. The molecule has 88 valence electrons. The van der Waals surface area contributed by atoms with Gasteiger partial charge >= 0.3 is 11.7 Å². The number of aromatic amines is 1. The standard InChI is InChI=1S/C10H14N2O4/c1-10(2,3)15-9(14)12-4-6-7(5-12)11-16-8(6)13/h11H,4-5H2,1-3H3. The normalized spacial score (nSPS) is 15.1. The predicted molar refractivity (Wildman–Crippen MR) is 54.8 cm³/mol. The second-order valence-corrected chi connectivity index (χ2v) is 4.79. The van der Waals surface area contributed by atoms with Crippen molar-refractivity contribution in [2.75, 3.05) is 0 Å². The fourth-order valence-corrected chi connectivity index (χ4v) is 1.54. The maximum absolute atomic E-state index is 11.7. The van der Waals surface area contributed by atoms with Gasteiger partial charge in [-0.15, -0.1) is 0 Å². The van der Waals surface area contributed by atoms with Crippen molar-refractivity contribution < 1.29 is 14.1 Å². The molecule has 1 aliphatic rings. The van der Waals surface area contributed by atoms with Gasteiger partial charge in [0.2, 0.25) is 0 Å². The number of amides is 1. The van der Waals surface area contributed by atoms with Crippen LogP contribution in [-0.4, -0.2) is 21.8 Å². The van der Waals surface area contributed by atoms with E-state index in [4.69, 9.17) is 4.74 Å². The molecule has 1 aromatic heterocycles. The van der Waals surface area contributed by atoms with Crippen LogP contribution in [0.25, 0.3) is 0 Å². The summed E-state index contributed by atoms with van der Waals surface area (Å²) in [4.78, 5) is 24.3. The van der Waals surface area contributed by atoms with Crippen molar-refractivity contribution in [3.05, 3.63) is 21.7 Å². The SMILES string of the molecule is CC(C)(C)OC(=O)N1Cc2[nH]oc(=O)c2C1. The van der Waals surface area contributed by atoms with Gasteiger partial charge in [0.05, 0.1) is 24.3 Å². The third-order valence-corrected chi connectivity index (χ3v) is 2.23. The van der Waals surface area contributed by atoms with Crippen molar-refractivity contribution in [3.8, 4) is 0 Å². The molecular weight excluding hydrogens is 212 g/mol. The second-order valence-electron chi connectivity index (χ2n) is 4.79. The van der Waals surface area contributed by atoms with E-state index in [0.717, 1.165) is 0 Å². The zero-order valence-electron chi connectivity index (χ0n) is 9.49. The van der Waals surface area contributed by atoms with Crippen LogP contribution in [0.3, 0.4) is 0 Å². The molecule has 1 aromatic rings. The average molecular weight is 226 g/mol. The van der Waals surface area contributed by atoms with Gasteiger partial charge in [0.1, 0.15) is 5.60 Å². The van der Waals surface area contributed by atoms with Crippen LogP contribution < -0.4 is 5.63 Å². The molecule has 6 nitrogen and oxygen atoms in total. The molecular formula is C10H14N2O4. The van der Waals surface area contributed by atoms with Gasteiger partial charge in [0.15, 0.2) is 0 Å². The van der Waals surface area contributed by atoms with E-state index in [2.05, 4.69) is 9.68 Å². The highest BCUT2D eigenvalue weighted by molar-refractivity contribution is 5.69. The maximum Gasteiger partial charge on any atom is 0.410 e. The molecule has 0 aromatic carbocycles. The first-order chi connectivity index (χ1) is 7.37. The third kappa shape index (κ3) is 1.95. The summed E-state index contributed by atoms with van der Waals surface area (Å²) in [6, 6.07) is 0. The number of H-pyrrole nitrogens is 1. The summed E-state index contributed by atoms with van der Waals surface area (Å²) in [6.45, 7) is 5.98. The average Bonchev–Trinajstić information content (AvgIpc) is 2.65. The number of fused-ring (bicyclic) bond motifs is 1. The molecule has 0 radical (unpaired) electrons. The Morgan fingerprint density at radius 1 is 1.44 bits per heavy atom. The van der Waals surface area contributed by atoms with Gasteiger partial charge in [-0.05, 0) is 20.8 Å². The van der Waals surface area contributed by atoms with E-state index in [-0.39, 0.29) is 6.54 Å². The highest BCUT2D eigenvalue weighted by atomic mass is 16.6. The maximum atomic E-state index is 11.7. The first kappa shape index (κ1) is 10.8. The Hall–Kier alpha value is -1.72. The van der Waals surface area contributed by atoms with Crippen molar-refractivity contribution in [2.24, 2.45) is 0 Å². The topological polar surface area (TPSA) is 75.5 Å². The van der Waals surface area contributed by atoms with Gasteiger partial charge in [-0.1, -0.05) is 0 Å². The Bertz CT molecular complexity index is 466. The quantitative estimate of drug-likeness (QED) is 0.721. The van der Waals surface area contributed by atoms with Crippen molar-refractivity contribution >= 4 is 6.09 Å². The van der Waals surface area contributed by atoms with Crippen LogP contribution in [0.15, 0.2) is 9.32 Å². The van der Waals surface area contributed by atoms with E-state index in [9.17, 15) is 9.59 Å². The molecule has 1 N–H and O–H groups in total. The molecule has 1 amide bonds. The number of hydrogen-bond acceptors (Lipinski definition) is 4. The van der Waals surface area contributed by atoms with Crippen molar-refractivity contribution in [2.45, 2.75) is 39.5 Å². The Morgan fingerprint density at radius 2 is 2.12 bits per heavy atom. The molecule has 2 rings (SSSR count). The van der Waals surface area contributed by atoms with Crippen LogP contribution in [0.4, 0.5) is 4.79 Å². The Kier molecular flexibility index (Phi) is 2.29. The van der Waals surface area contributed by atoms with Crippen LogP contribution in [0.2, 0.25) is 0 Å². The Balaban J connectivity index is 2.07. The largest absolute Gasteiger partial charge is 0.444 e. The lowest BCUT2D eigenvalue weighted by atomic mass is 10.2. The molecule has 0 spiro atoms. The monoisotopic (exact) mass is 226 g/mol. The Labute approximate surface area is 92.1 Å². The summed E-state index contributed by atoms with van der Waals surface area (Å²) in [5.74, 6) is 0. The lowest BCUT2D eigenvalue weighted by molar-refractivity contribution is 0.0236. The minimum Gasteiger partial charge on any atom is -0.444 e. The number of ether oxygens (including phenoxy) is 1. The summed E-state index contributed by atoms with van der Waals surface area (Å²) in [5, 5.41) is 2.50. The zero-order chi connectivity index (χ0) is 11.9. The lowest BCUT2D eigenvalue weighted by Gasteiger charge is -2.23. The molecule has 2 heterocycles. The molecule has 0 fully saturated rings. The summed E-state index contributed by atoms with van der Waals surface area (Å²) in [6.07, 6.45) is -0.420. The number of aromatic nitrogens is 1. The van der Waals surface area contributed by atoms with Gasteiger partial charge in [-0.2, -0.15) is 0 Å². The fourth-order valence-electron chi connectivity index (χ4n) is 1.54. The number of nitrogens with zero attached hydrogens (tertiary/aromatic N) is 1. The summed E-state index contributed by atoms with van der Waals surface area (Å²) in [5.41, 5.74) is 0.209. The molecule has 6 heteroatoms. The van der Waals surface area contributed by atoms with Crippen molar-refractivity contribution in [3.63, 3.8) is 0 Å². The van der Waals surface area contributed by atoms with Crippen LogP contribution in [-0.2, 0) is 17.8 Å². The van der Waals surface area contributed by atoms with E-state index in [1.165, 1.54) is 4.90 Å². The van der Waals surface area contributed by atoms with Crippen molar-refractivity contribution in [1.29, 1.82) is 0 Å². The minimum atomic E-state index is -0.530. The van der Waals surface area contributed by atoms with E-state index < -0.39 is 17.3 Å². The summed E-state index contributed by atoms with van der Waals surface area (Å²) < 4.78 is 9.81. The smallest absolute Gasteiger partial charge is 0.410 e. The van der Waals surface area contributed by atoms with Gasteiger partial charge < -0.3 is 9.26 Å². The van der Waals surface area contributed by atoms with E-state index in [1.54, 1.807) is 20.8 Å². The lowest BCUT2D eigenvalue weighted by Crippen LogP contribution is -2.33. The molecule has 0 bridgehead atoms. The fraction of sp³-hybridized carbons (Fsp3) is 0.600. The number of hydrogen-bond donors (Lipinski definition) is 1. The highest BCUT2D eigenvalue weighted by Gasteiger charge is 2.31. The van der Waals surface area contributed by atoms with Gasteiger partial charge in [0, 0.05) is 0 Å². The molecule has 0 unspecified atom stereocenters.